The Balaban J connectivity index is 1.35. The first-order valence-electron chi connectivity index (χ1n) is 9.14. The molecule has 8 heteroatoms. The van der Waals surface area contributed by atoms with Gasteiger partial charge in [-0.2, -0.15) is 0 Å². The van der Waals surface area contributed by atoms with Crippen LogP contribution >= 0.6 is 0 Å². The van der Waals surface area contributed by atoms with Crippen molar-refractivity contribution < 1.29 is 9.47 Å². The van der Waals surface area contributed by atoms with Crippen LogP contribution in [0, 0.1) is 5.92 Å². The summed E-state index contributed by atoms with van der Waals surface area (Å²) in [7, 11) is 1.66. The van der Waals surface area contributed by atoms with Crippen molar-refractivity contribution in [3.63, 3.8) is 0 Å². The van der Waals surface area contributed by atoms with Gasteiger partial charge in [0.25, 0.3) is 6.02 Å². The van der Waals surface area contributed by atoms with E-state index in [1.807, 2.05) is 0 Å². The molecular weight excluding hydrogens is 320 g/mol. The molecule has 3 atom stereocenters. The van der Waals surface area contributed by atoms with Gasteiger partial charge in [-0.1, -0.05) is 0 Å². The lowest BCUT2D eigenvalue weighted by molar-refractivity contribution is 0.0364. The van der Waals surface area contributed by atoms with Gasteiger partial charge in [-0.05, 0) is 25.8 Å². The number of fused-ring (bicyclic) bond motifs is 3. The maximum absolute atomic E-state index is 6.28. The molecule has 0 amide bonds. The van der Waals surface area contributed by atoms with Crippen LogP contribution in [0.15, 0.2) is 11.3 Å². The van der Waals surface area contributed by atoms with Gasteiger partial charge in [0.1, 0.15) is 11.9 Å². The molecule has 1 unspecified atom stereocenters. The molecule has 5 rings (SSSR count). The maximum atomic E-state index is 6.28. The average Bonchev–Trinajstić information content (AvgIpc) is 3.40. The minimum absolute atomic E-state index is 0.140. The molecule has 1 aromatic rings. The third-order valence-electron chi connectivity index (χ3n) is 5.92. The van der Waals surface area contributed by atoms with Crippen LogP contribution in [0.5, 0.6) is 5.75 Å². The molecule has 8 nitrogen and oxygen atoms in total. The van der Waals surface area contributed by atoms with Crippen molar-refractivity contribution in [1.82, 2.24) is 14.9 Å². The molecule has 0 aromatic carbocycles. The Morgan fingerprint density at radius 1 is 1.28 bits per heavy atom. The third-order valence-corrected chi connectivity index (χ3v) is 5.92. The molecule has 5 heterocycles. The maximum Gasteiger partial charge on any atom is 0.291 e. The molecule has 0 saturated carbocycles. The lowest BCUT2D eigenvalue weighted by atomic mass is 9.88. The molecule has 25 heavy (non-hydrogen) atoms. The zero-order chi connectivity index (χ0) is 16.9. The van der Waals surface area contributed by atoms with E-state index < -0.39 is 0 Å². The summed E-state index contributed by atoms with van der Waals surface area (Å²) in [6.45, 7) is 6.04. The van der Waals surface area contributed by atoms with Crippen molar-refractivity contribution in [3.05, 3.63) is 6.33 Å². The fourth-order valence-corrected chi connectivity index (χ4v) is 4.63. The average molecular weight is 344 g/mol. The van der Waals surface area contributed by atoms with Crippen molar-refractivity contribution in [3.8, 4) is 5.75 Å². The standard InChI is InChI=1S/C17H24N6O2/c1-24-13-14(19-11-20-15(13)23-5-2-3-6-23)21-16-18-9-17(25-16)10-22-7-4-12(17)8-22/h11-12H,2-10H2,1H3,(H,18,19,20,21)/t12-,17-/m0/s1. The van der Waals surface area contributed by atoms with E-state index >= 15 is 0 Å². The summed E-state index contributed by atoms with van der Waals surface area (Å²) in [5, 5.41) is 3.24. The lowest BCUT2D eigenvalue weighted by Gasteiger charge is -2.32. The van der Waals surface area contributed by atoms with E-state index in [0.29, 0.717) is 23.5 Å². The summed E-state index contributed by atoms with van der Waals surface area (Å²) in [6.07, 6.45) is 5.16. The van der Waals surface area contributed by atoms with Gasteiger partial charge in [0.05, 0.1) is 13.7 Å². The van der Waals surface area contributed by atoms with E-state index in [-0.39, 0.29) is 5.60 Å². The van der Waals surface area contributed by atoms with E-state index in [0.717, 1.165) is 38.5 Å². The monoisotopic (exact) mass is 344 g/mol. The Morgan fingerprint density at radius 2 is 2.16 bits per heavy atom. The van der Waals surface area contributed by atoms with Crippen molar-refractivity contribution in [2.24, 2.45) is 10.9 Å². The number of amidine groups is 1. The number of nitrogens with one attached hydrogen (secondary N) is 1. The number of hydrogen-bond acceptors (Lipinski definition) is 8. The Bertz CT molecular complexity index is 704. The minimum Gasteiger partial charge on any atom is -0.490 e. The van der Waals surface area contributed by atoms with E-state index in [2.05, 4.69) is 30.1 Å². The van der Waals surface area contributed by atoms with Gasteiger partial charge >= 0.3 is 0 Å². The number of anilines is 2. The molecule has 3 saturated heterocycles. The predicted molar refractivity (Wildman–Crippen MR) is 94.3 cm³/mol. The molecule has 4 aliphatic rings. The smallest absolute Gasteiger partial charge is 0.291 e. The topological polar surface area (TPSA) is 75.1 Å². The summed E-state index contributed by atoms with van der Waals surface area (Å²) in [5.41, 5.74) is -0.140. The third kappa shape index (κ3) is 2.42. The number of aromatic nitrogens is 2. The molecule has 2 bridgehead atoms. The highest BCUT2D eigenvalue weighted by molar-refractivity contribution is 5.92. The van der Waals surface area contributed by atoms with Gasteiger partial charge in [-0.3, -0.25) is 10.2 Å². The molecule has 0 aliphatic carbocycles. The zero-order valence-electron chi connectivity index (χ0n) is 14.6. The van der Waals surface area contributed by atoms with Gasteiger partial charge < -0.3 is 14.4 Å². The van der Waals surface area contributed by atoms with Gasteiger partial charge in [0.15, 0.2) is 11.6 Å². The molecule has 1 spiro atoms. The molecule has 134 valence electrons. The first-order valence-corrected chi connectivity index (χ1v) is 9.14. The highest BCUT2D eigenvalue weighted by Crippen LogP contribution is 2.42. The second kappa shape index (κ2) is 5.72. The van der Waals surface area contributed by atoms with Crippen LogP contribution in [-0.2, 0) is 4.74 Å². The Labute approximate surface area is 147 Å². The number of methoxy groups -OCH3 is 1. The van der Waals surface area contributed by atoms with Gasteiger partial charge in [0, 0.05) is 32.1 Å². The molecule has 1 aromatic heterocycles. The molecule has 3 fully saturated rings. The fourth-order valence-electron chi connectivity index (χ4n) is 4.63. The number of nitrogens with zero attached hydrogens (tertiary/aromatic N) is 5. The molecular formula is C17H24N6O2. The first kappa shape index (κ1) is 15.2. The quantitative estimate of drug-likeness (QED) is 0.875. The molecule has 4 aliphatic heterocycles. The Kier molecular flexibility index (Phi) is 3.48. The second-order valence-electron chi connectivity index (χ2n) is 7.41. The predicted octanol–water partition coefficient (Wildman–Crippen LogP) is 0.958. The van der Waals surface area contributed by atoms with Crippen LogP contribution in [0.25, 0.3) is 0 Å². The summed E-state index contributed by atoms with van der Waals surface area (Å²) in [6, 6.07) is 0.554. The van der Waals surface area contributed by atoms with Crippen LogP contribution in [-0.4, -0.2) is 72.9 Å². The van der Waals surface area contributed by atoms with Crippen LogP contribution in [0.4, 0.5) is 11.6 Å². The van der Waals surface area contributed by atoms with E-state index in [4.69, 9.17) is 9.47 Å². The van der Waals surface area contributed by atoms with Crippen molar-refractivity contribution in [2.75, 3.05) is 56.6 Å². The summed E-state index contributed by atoms with van der Waals surface area (Å²) >= 11 is 0. The van der Waals surface area contributed by atoms with Crippen molar-refractivity contribution in [1.29, 1.82) is 0 Å². The summed E-state index contributed by atoms with van der Waals surface area (Å²) in [4.78, 5) is 18.1. The van der Waals surface area contributed by atoms with E-state index in [9.17, 15) is 0 Å². The molecule has 1 N–H and O–H groups in total. The SMILES string of the molecule is COc1c(NC2=NC[C@@]3(CN4CC[C@H]3C4)O2)ncnc1N1CCCC1. The minimum atomic E-state index is -0.140. The lowest BCUT2D eigenvalue weighted by Crippen LogP contribution is -2.46. The van der Waals surface area contributed by atoms with E-state index in [1.54, 1.807) is 13.4 Å². The van der Waals surface area contributed by atoms with Crippen molar-refractivity contribution >= 4 is 17.7 Å². The van der Waals surface area contributed by atoms with Crippen molar-refractivity contribution in [2.45, 2.75) is 24.9 Å². The van der Waals surface area contributed by atoms with Crippen LogP contribution in [0.1, 0.15) is 19.3 Å². The fraction of sp³-hybridized carbons (Fsp3) is 0.706. The van der Waals surface area contributed by atoms with Crippen LogP contribution < -0.4 is 15.0 Å². The highest BCUT2D eigenvalue weighted by Gasteiger charge is 2.54. The first-order chi connectivity index (χ1) is 12.3. The van der Waals surface area contributed by atoms with Gasteiger partial charge in [0.2, 0.25) is 5.75 Å². The number of ether oxygens (including phenoxy) is 2. The molecule has 0 radical (unpaired) electrons. The highest BCUT2D eigenvalue weighted by atomic mass is 16.5. The van der Waals surface area contributed by atoms with E-state index in [1.165, 1.54) is 25.8 Å². The van der Waals surface area contributed by atoms with Crippen LogP contribution in [0.2, 0.25) is 0 Å². The van der Waals surface area contributed by atoms with Gasteiger partial charge in [-0.15, -0.1) is 0 Å². The summed E-state index contributed by atoms with van der Waals surface area (Å²) in [5.74, 6) is 2.71. The summed E-state index contributed by atoms with van der Waals surface area (Å²) < 4.78 is 11.9. The zero-order valence-corrected chi connectivity index (χ0v) is 14.6. The van der Waals surface area contributed by atoms with Crippen LogP contribution in [0.3, 0.4) is 0 Å². The number of hydrogen-bond donors (Lipinski definition) is 1. The second-order valence-corrected chi connectivity index (χ2v) is 7.41. The largest absolute Gasteiger partial charge is 0.490 e. The van der Waals surface area contributed by atoms with Gasteiger partial charge in [-0.25, -0.2) is 15.0 Å². The Hall–Kier alpha value is -2.09. The Morgan fingerprint density at radius 3 is 2.88 bits per heavy atom. The normalized spacial score (nSPS) is 33.0. The number of rotatable bonds is 3. The number of aliphatic imine (C=N–C) groups is 1. The number of piperidine rings is 1.